The first-order valence-electron chi connectivity index (χ1n) is 4.64. The molecule has 1 aromatic carbocycles. The molecule has 0 radical (unpaired) electrons. The van der Waals surface area contributed by atoms with E-state index in [0.29, 0.717) is 12.4 Å². The lowest BCUT2D eigenvalue weighted by molar-refractivity contribution is 0.627. The Labute approximate surface area is 83.7 Å². The van der Waals surface area contributed by atoms with Crippen molar-refractivity contribution in [3.05, 3.63) is 35.6 Å². The van der Waals surface area contributed by atoms with Crippen LogP contribution in [-0.4, -0.2) is 5.84 Å². The molecule has 0 saturated carbocycles. The molecule has 0 aromatic heterocycles. The van der Waals surface area contributed by atoms with E-state index in [2.05, 4.69) is 4.99 Å². The highest BCUT2D eigenvalue weighted by molar-refractivity contribution is 5.82. The second kappa shape index (κ2) is 4.74. The van der Waals surface area contributed by atoms with Gasteiger partial charge in [0.1, 0.15) is 5.82 Å². The highest BCUT2D eigenvalue weighted by Gasteiger charge is 1.98. The summed E-state index contributed by atoms with van der Waals surface area (Å²) in [6, 6.07) is 6.28. The van der Waals surface area contributed by atoms with Gasteiger partial charge in [-0.25, -0.2) is 4.39 Å². The molecule has 0 amide bonds. The van der Waals surface area contributed by atoms with Crippen LogP contribution in [0.3, 0.4) is 0 Å². The maximum absolute atomic E-state index is 12.6. The summed E-state index contributed by atoms with van der Waals surface area (Å²) in [5.74, 6) is 0.666. The molecule has 0 atom stereocenters. The van der Waals surface area contributed by atoms with Crippen LogP contribution in [0.25, 0.3) is 0 Å². The summed E-state index contributed by atoms with van der Waals surface area (Å²) in [6.07, 6.45) is 0. The number of nitrogens with two attached hydrogens (primary N) is 1. The van der Waals surface area contributed by atoms with Gasteiger partial charge in [0, 0.05) is 5.92 Å². The zero-order valence-electron chi connectivity index (χ0n) is 8.50. The monoisotopic (exact) mass is 194 g/mol. The third kappa shape index (κ3) is 3.17. The molecule has 1 aromatic rings. The third-order valence-corrected chi connectivity index (χ3v) is 1.95. The van der Waals surface area contributed by atoms with Crippen molar-refractivity contribution >= 4 is 5.84 Å². The quantitative estimate of drug-likeness (QED) is 0.582. The summed E-state index contributed by atoms with van der Waals surface area (Å²) in [5, 5.41) is 0. The van der Waals surface area contributed by atoms with E-state index in [9.17, 15) is 4.39 Å². The van der Waals surface area contributed by atoms with Gasteiger partial charge < -0.3 is 5.73 Å². The molecule has 14 heavy (non-hydrogen) atoms. The molecule has 0 bridgehead atoms. The molecule has 1 rings (SSSR count). The Balaban J connectivity index is 2.62. The van der Waals surface area contributed by atoms with Gasteiger partial charge >= 0.3 is 0 Å². The van der Waals surface area contributed by atoms with E-state index < -0.39 is 0 Å². The smallest absolute Gasteiger partial charge is 0.123 e. The van der Waals surface area contributed by atoms with Crippen molar-refractivity contribution in [1.29, 1.82) is 0 Å². The molecule has 76 valence electrons. The molecule has 0 aliphatic heterocycles. The van der Waals surface area contributed by atoms with Gasteiger partial charge in [0.15, 0.2) is 0 Å². The van der Waals surface area contributed by atoms with Crippen molar-refractivity contribution in [3.8, 4) is 0 Å². The van der Waals surface area contributed by atoms with Gasteiger partial charge in [0.25, 0.3) is 0 Å². The first-order chi connectivity index (χ1) is 6.59. The molecule has 0 saturated heterocycles. The number of nitrogens with zero attached hydrogens (tertiary/aromatic N) is 1. The first kappa shape index (κ1) is 10.7. The minimum Gasteiger partial charge on any atom is -0.387 e. The van der Waals surface area contributed by atoms with Crippen LogP contribution in [0, 0.1) is 11.7 Å². The molecule has 0 heterocycles. The largest absolute Gasteiger partial charge is 0.387 e. The summed E-state index contributed by atoms with van der Waals surface area (Å²) in [6.45, 7) is 4.50. The van der Waals surface area contributed by atoms with Crippen LogP contribution < -0.4 is 5.73 Å². The summed E-state index contributed by atoms with van der Waals surface area (Å²) in [7, 11) is 0. The summed E-state index contributed by atoms with van der Waals surface area (Å²) in [5.41, 5.74) is 6.64. The van der Waals surface area contributed by atoms with Crippen LogP contribution >= 0.6 is 0 Å². The molecule has 0 aliphatic carbocycles. The van der Waals surface area contributed by atoms with Gasteiger partial charge in [0.05, 0.1) is 12.4 Å². The van der Waals surface area contributed by atoms with Gasteiger partial charge in [-0.1, -0.05) is 26.0 Å². The number of amidine groups is 1. The van der Waals surface area contributed by atoms with E-state index in [1.165, 1.54) is 12.1 Å². The zero-order chi connectivity index (χ0) is 10.6. The van der Waals surface area contributed by atoms with Crippen molar-refractivity contribution < 1.29 is 4.39 Å². The second-order valence-electron chi connectivity index (χ2n) is 3.52. The lowest BCUT2D eigenvalue weighted by Gasteiger charge is -2.03. The maximum atomic E-state index is 12.6. The average molecular weight is 194 g/mol. The van der Waals surface area contributed by atoms with Crippen LogP contribution in [0.4, 0.5) is 4.39 Å². The number of hydrogen-bond donors (Lipinski definition) is 1. The van der Waals surface area contributed by atoms with Gasteiger partial charge in [0.2, 0.25) is 0 Å². The van der Waals surface area contributed by atoms with E-state index in [1.54, 1.807) is 12.1 Å². The summed E-state index contributed by atoms with van der Waals surface area (Å²) in [4.78, 5) is 4.20. The Kier molecular flexibility index (Phi) is 3.63. The Hall–Kier alpha value is -1.38. The molecule has 0 fully saturated rings. The summed E-state index contributed by atoms with van der Waals surface area (Å²) >= 11 is 0. The fourth-order valence-electron chi connectivity index (χ4n) is 0.955. The molecule has 0 spiro atoms. The molecule has 2 N–H and O–H groups in total. The standard InChI is InChI=1S/C11H15FN2/c1-8(2)11(13)14-7-9-3-5-10(12)6-4-9/h3-6,8H,7H2,1-2H3,(H2,13,14). The fraction of sp³-hybridized carbons (Fsp3) is 0.364. The minimum atomic E-state index is -0.227. The van der Waals surface area contributed by atoms with Gasteiger partial charge in [-0.05, 0) is 17.7 Å². The minimum absolute atomic E-state index is 0.227. The number of hydrogen-bond acceptors (Lipinski definition) is 1. The lowest BCUT2D eigenvalue weighted by atomic mass is 10.2. The van der Waals surface area contributed by atoms with Crippen LogP contribution in [0.15, 0.2) is 29.3 Å². The molecular weight excluding hydrogens is 179 g/mol. The van der Waals surface area contributed by atoms with Crippen LogP contribution in [-0.2, 0) is 6.54 Å². The Morgan fingerprint density at radius 1 is 1.36 bits per heavy atom. The predicted molar refractivity (Wildman–Crippen MR) is 56.6 cm³/mol. The van der Waals surface area contributed by atoms with Crippen molar-refractivity contribution in [2.45, 2.75) is 20.4 Å². The maximum Gasteiger partial charge on any atom is 0.123 e. The number of benzene rings is 1. The zero-order valence-corrected chi connectivity index (χ0v) is 8.50. The van der Waals surface area contributed by atoms with Crippen LogP contribution in [0.5, 0.6) is 0 Å². The fourth-order valence-corrected chi connectivity index (χ4v) is 0.955. The van der Waals surface area contributed by atoms with E-state index >= 15 is 0 Å². The van der Waals surface area contributed by atoms with E-state index in [1.807, 2.05) is 13.8 Å². The molecule has 0 aliphatic rings. The Morgan fingerprint density at radius 3 is 2.43 bits per heavy atom. The van der Waals surface area contributed by atoms with Crippen molar-refractivity contribution in [1.82, 2.24) is 0 Å². The SMILES string of the molecule is CC(C)C(N)=NCc1ccc(F)cc1. The van der Waals surface area contributed by atoms with Crippen LogP contribution in [0.2, 0.25) is 0 Å². The molecule has 3 heteroatoms. The lowest BCUT2D eigenvalue weighted by Crippen LogP contribution is -2.18. The van der Waals surface area contributed by atoms with Crippen molar-refractivity contribution in [2.75, 3.05) is 0 Å². The highest BCUT2D eigenvalue weighted by Crippen LogP contribution is 2.04. The molecular formula is C11H15FN2. The number of halogens is 1. The van der Waals surface area contributed by atoms with E-state index in [4.69, 9.17) is 5.73 Å². The van der Waals surface area contributed by atoms with Gasteiger partial charge in [-0.3, -0.25) is 4.99 Å². The van der Waals surface area contributed by atoms with E-state index in [-0.39, 0.29) is 11.7 Å². The summed E-state index contributed by atoms with van der Waals surface area (Å²) < 4.78 is 12.6. The van der Waals surface area contributed by atoms with Crippen molar-refractivity contribution in [3.63, 3.8) is 0 Å². The Bertz CT molecular complexity index is 315. The third-order valence-electron chi connectivity index (χ3n) is 1.95. The molecule has 0 unspecified atom stereocenters. The van der Waals surface area contributed by atoms with Gasteiger partial charge in [-0.15, -0.1) is 0 Å². The normalized spacial score (nSPS) is 12.1. The van der Waals surface area contributed by atoms with E-state index in [0.717, 1.165) is 5.56 Å². The topological polar surface area (TPSA) is 38.4 Å². The number of rotatable bonds is 3. The predicted octanol–water partition coefficient (Wildman–Crippen LogP) is 2.34. The second-order valence-corrected chi connectivity index (χ2v) is 3.52. The van der Waals surface area contributed by atoms with Gasteiger partial charge in [-0.2, -0.15) is 0 Å². The first-order valence-corrected chi connectivity index (χ1v) is 4.64. The molecule has 2 nitrogen and oxygen atoms in total. The Morgan fingerprint density at radius 2 is 1.93 bits per heavy atom. The van der Waals surface area contributed by atoms with Crippen molar-refractivity contribution in [2.24, 2.45) is 16.6 Å². The average Bonchev–Trinajstić information content (AvgIpc) is 2.16. The number of aliphatic imine (C=N–C) groups is 1. The highest BCUT2D eigenvalue weighted by atomic mass is 19.1. The van der Waals surface area contributed by atoms with Crippen LogP contribution in [0.1, 0.15) is 19.4 Å².